The van der Waals surface area contributed by atoms with E-state index in [1.807, 2.05) is 0 Å². The van der Waals surface area contributed by atoms with E-state index in [0.717, 1.165) is 6.08 Å². The number of allylic oxidation sites excluding steroid dienone is 4. The van der Waals surface area contributed by atoms with Gasteiger partial charge in [-0.3, -0.25) is 14.9 Å². The average Bonchev–Trinajstić information content (AvgIpc) is 2.24. The Balaban J connectivity index is 5.24. The summed E-state index contributed by atoms with van der Waals surface area (Å²) in [6.45, 7) is 10.0. The summed E-state index contributed by atoms with van der Waals surface area (Å²) in [5.74, 6) is -0.537. The smallest absolute Gasteiger partial charge is 0.292 e. The van der Waals surface area contributed by atoms with Crippen molar-refractivity contribution in [2.24, 2.45) is 0 Å². The summed E-state index contributed by atoms with van der Waals surface area (Å²) in [4.78, 5) is 21.1. The Hall–Kier alpha value is -2.43. The van der Waals surface area contributed by atoms with Crippen LogP contribution in [-0.4, -0.2) is 10.8 Å². The van der Waals surface area contributed by atoms with E-state index in [4.69, 9.17) is 0 Å². The number of rotatable bonds is 6. The second-order valence-electron chi connectivity index (χ2n) is 2.55. The van der Waals surface area contributed by atoms with Crippen LogP contribution < -0.4 is 5.32 Å². The third-order valence-electron chi connectivity index (χ3n) is 1.48. The van der Waals surface area contributed by atoms with Gasteiger partial charge in [0.2, 0.25) is 5.91 Å². The fourth-order valence-electron chi connectivity index (χ4n) is 0.853. The summed E-state index contributed by atoms with van der Waals surface area (Å²) >= 11 is 0. The summed E-state index contributed by atoms with van der Waals surface area (Å²) < 4.78 is 0. The highest BCUT2D eigenvalue weighted by Gasteiger charge is 2.17. The maximum Gasteiger partial charge on any atom is 0.292 e. The zero-order valence-corrected chi connectivity index (χ0v) is 8.68. The Bertz CT molecular complexity index is 392. The van der Waals surface area contributed by atoms with E-state index in [0.29, 0.717) is 0 Å². The number of amides is 1. The van der Waals surface area contributed by atoms with Crippen LogP contribution in [0.5, 0.6) is 0 Å². The van der Waals surface area contributed by atoms with Gasteiger partial charge in [-0.25, -0.2) is 0 Å². The normalized spacial score (nSPS) is 11.5. The van der Waals surface area contributed by atoms with Crippen LogP contribution in [0.3, 0.4) is 0 Å². The highest BCUT2D eigenvalue weighted by atomic mass is 16.6. The quantitative estimate of drug-likeness (QED) is 0.320. The Labute approximate surface area is 93.3 Å². The molecular weight excluding hydrogens is 208 g/mol. The van der Waals surface area contributed by atoms with E-state index in [-0.39, 0.29) is 11.4 Å². The van der Waals surface area contributed by atoms with Gasteiger partial charge in [-0.15, -0.1) is 0 Å². The minimum Gasteiger partial charge on any atom is -0.317 e. The van der Waals surface area contributed by atoms with Gasteiger partial charge in [-0.05, 0) is 12.2 Å². The molecule has 0 aliphatic carbocycles. The molecule has 0 aliphatic rings. The predicted octanol–water partition coefficient (Wildman–Crippen LogP) is 1.71. The zero-order chi connectivity index (χ0) is 12.6. The maximum atomic E-state index is 11.0. The van der Waals surface area contributed by atoms with E-state index in [2.05, 4.69) is 25.1 Å². The minimum atomic E-state index is -0.625. The van der Waals surface area contributed by atoms with Crippen LogP contribution >= 0.6 is 0 Å². The third kappa shape index (κ3) is 4.19. The Morgan fingerprint density at radius 2 is 1.75 bits per heavy atom. The van der Waals surface area contributed by atoms with Gasteiger partial charge in [0.25, 0.3) is 5.70 Å². The van der Waals surface area contributed by atoms with E-state index < -0.39 is 10.8 Å². The highest BCUT2D eigenvalue weighted by molar-refractivity contribution is 5.88. The molecule has 0 aromatic heterocycles. The van der Waals surface area contributed by atoms with E-state index in [1.165, 1.54) is 24.3 Å². The molecule has 16 heavy (non-hydrogen) atoms. The number of nitrogens with zero attached hydrogens (tertiary/aromatic N) is 1. The Morgan fingerprint density at radius 1 is 1.19 bits per heavy atom. The number of nitrogens with one attached hydrogen (secondary N) is 1. The van der Waals surface area contributed by atoms with E-state index in [1.54, 1.807) is 0 Å². The van der Waals surface area contributed by atoms with Crippen molar-refractivity contribution in [2.45, 2.75) is 0 Å². The highest BCUT2D eigenvalue weighted by Crippen LogP contribution is 2.08. The minimum absolute atomic E-state index is 0.0322. The van der Waals surface area contributed by atoms with Gasteiger partial charge in [0, 0.05) is 6.08 Å². The van der Waals surface area contributed by atoms with Crippen molar-refractivity contribution < 1.29 is 9.72 Å². The second-order valence-corrected chi connectivity index (χ2v) is 2.55. The molecule has 0 saturated carbocycles. The lowest BCUT2D eigenvalue weighted by molar-refractivity contribution is -0.421. The molecule has 0 saturated heterocycles. The second kappa shape index (κ2) is 6.94. The molecule has 0 aromatic rings. The van der Waals surface area contributed by atoms with E-state index in [9.17, 15) is 14.9 Å². The molecule has 5 nitrogen and oxygen atoms in total. The number of hydrogen-bond acceptors (Lipinski definition) is 3. The molecule has 0 rings (SSSR count). The monoisotopic (exact) mass is 220 g/mol. The van der Waals surface area contributed by atoms with E-state index >= 15 is 0 Å². The molecule has 1 amide bonds. The summed E-state index contributed by atoms with van der Waals surface area (Å²) in [6, 6.07) is 0. The molecule has 0 bridgehead atoms. The van der Waals surface area contributed by atoms with Crippen LogP contribution in [0.2, 0.25) is 0 Å². The number of carbonyl (C=O) groups excluding carboxylic acids is 1. The molecule has 0 unspecified atom stereocenters. The van der Waals surface area contributed by atoms with Crippen molar-refractivity contribution in [3.8, 4) is 0 Å². The molecule has 84 valence electrons. The molecule has 5 heteroatoms. The molecule has 0 aromatic carbocycles. The largest absolute Gasteiger partial charge is 0.317 e. The lowest BCUT2D eigenvalue weighted by Gasteiger charge is -2.04. The lowest BCUT2D eigenvalue weighted by atomic mass is 10.2. The van der Waals surface area contributed by atoms with Crippen molar-refractivity contribution in [1.82, 2.24) is 5.32 Å². The van der Waals surface area contributed by atoms with Gasteiger partial charge in [0.15, 0.2) is 0 Å². The molecule has 0 heterocycles. The number of nitro groups is 1. The maximum absolute atomic E-state index is 11.0. The summed E-state index contributed by atoms with van der Waals surface area (Å²) in [6.07, 6.45) is 6.11. The van der Waals surface area contributed by atoms with Gasteiger partial charge in [0.05, 0.1) is 4.92 Å². The van der Waals surface area contributed by atoms with Crippen LogP contribution in [0, 0.1) is 10.1 Å². The fourth-order valence-corrected chi connectivity index (χ4v) is 0.853. The van der Waals surface area contributed by atoms with Gasteiger partial charge >= 0.3 is 0 Å². The van der Waals surface area contributed by atoms with Crippen molar-refractivity contribution in [3.63, 3.8) is 0 Å². The molecule has 0 fully saturated rings. The fraction of sp³-hybridized carbons (Fsp3) is 0. The van der Waals surface area contributed by atoms with Gasteiger partial charge < -0.3 is 5.32 Å². The summed E-state index contributed by atoms with van der Waals surface area (Å²) in [5.41, 5.74) is -0.241. The molecule has 0 aliphatic heterocycles. The van der Waals surface area contributed by atoms with Gasteiger partial charge in [-0.2, -0.15) is 0 Å². The average molecular weight is 220 g/mol. The molecule has 0 spiro atoms. The molecular formula is C11H12N2O3. The first-order chi connectivity index (χ1) is 7.56. The van der Waals surface area contributed by atoms with Crippen molar-refractivity contribution in [1.29, 1.82) is 0 Å². The molecule has 0 radical (unpaired) electrons. The van der Waals surface area contributed by atoms with Crippen molar-refractivity contribution in [2.75, 3.05) is 0 Å². The van der Waals surface area contributed by atoms with Crippen LogP contribution in [0.1, 0.15) is 0 Å². The van der Waals surface area contributed by atoms with Gasteiger partial charge in [-0.1, -0.05) is 31.9 Å². The summed E-state index contributed by atoms with van der Waals surface area (Å²) in [7, 11) is 0. The Morgan fingerprint density at radius 3 is 2.12 bits per heavy atom. The Kier molecular flexibility index (Phi) is 5.89. The first-order valence-electron chi connectivity index (χ1n) is 4.30. The third-order valence-corrected chi connectivity index (χ3v) is 1.48. The first kappa shape index (κ1) is 13.6. The van der Waals surface area contributed by atoms with Crippen LogP contribution in [-0.2, 0) is 4.79 Å². The van der Waals surface area contributed by atoms with Crippen LogP contribution in [0.4, 0.5) is 0 Å². The summed E-state index contributed by atoms with van der Waals surface area (Å²) in [5, 5.41) is 13.0. The number of hydrogen-bond donors (Lipinski definition) is 1. The lowest BCUT2D eigenvalue weighted by Crippen LogP contribution is -2.23. The standard InChI is InChI=1S/C11H12N2O3/c1-4-7-9(12-11(14)6-3)10(8-5-2)13(15)16/h4-8H,1-3H2,(H,12,14)/b9-7+,10-8+. The van der Waals surface area contributed by atoms with Gasteiger partial charge in [0.1, 0.15) is 5.70 Å². The van der Waals surface area contributed by atoms with Crippen molar-refractivity contribution >= 4 is 5.91 Å². The van der Waals surface area contributed by atoms with Crippen LogP contribution in [0.15, 0.2) is 61.5 Å². The predicted molar refractivity (Wildman–Crippen MR) is 61.9 cm³/mol. The topological polar surface area (TPSA) is 72.2 Å². The number of carbonyl (C=O) groups is 1. The molecule has 1 N–H and O–H groups in total. The molecule has 0 atom stereocenters. The SMILES string of the molecule is C=C/C=C(NC(=O)C=C)\C(=C/C=C)[N+](=O)[O-]. The van der Waals surface area contributed by atoms with Crippen molar-refractivity contribution in [3.05, 3.63) is 71.6 Å². The zero-order valence-electron chi connectivity index (χ0n) is 8.68. The first-order valence-corrected chi connectivity index (χ1v) is 4.30. The van der Waals surface area contributed by atoms with Crippen LogP contribution in [0.25, 0.3) is 0 Å².